The second-order valence-corrected chi connectivity index (χ2v) is 7.52. The first-order valence-corrected chi connectivity index (χ1v) is 10.1. The van der Waals surface area contributed by atoms with E-state index in [0.29, 0.717) is 28.2 Å². The highest BCUT2D eigenvalue weighted by atomic mass is 16.2. The van der Waals surface area contributed by atoms with Gasteiger partial charge in [0.2, 0.25) is 5.91 Å². The van der Waals surface area contributed by atoms with Crippen molar-refractivity contribution >= 4 is 34.7 Å². The molecule has 160 valence electrons. The molecule has 3 amide bonds. The Hall–Kier alpha value is -4.26. The molecule has 4 rings (SSSR count). The second-order valence-electron chi connectivity index (χ2n) is 7.52. The van der Waals surface area contributed by atoms with Crippen molar-refractivity contribution in [2.45, 2.75) is 20.4 Å². The fourth-order valence-electron chi connectivity index (χ4n) is 3.46. The number of hydrogen-bond donors (Lipinski definition) is 2. The lowest BCUT2D eigenvalue weighted by atomic mass is 10.0. The van der Waals surface area contributed by atoms with E-state index < -0.39 is 5.91 Å². The van der Waals surface area contributed by atoms with Crippen LogP contribution in [0.2, 0.25) is 0 Å². The van der Waals surface area contributed by atoms with E-state index in [1.54, 1.807) is 42.6 Å². The van der Waals surface area contributed by atoms with Crippen molar-refractivity contribution in [3.63, 3.8) is 0 Å². The molecule has 2 heterocycles. The summed E-state index contributed by atoms with van der Waals surface area (Å²) >= 11 is 0. The summed E-state index contributed by atoms with van der Waals surface area (Å²) in [6.45, 7) is 3.48. The van der Waals surface area contributed by atoms with Crippen LogP contribution in [0.25, 0.3) is 5.57 Å². The molecule has 3 aromatic rings. The van der Waals surface area contributed by atoms with Gasteiger partial charge in [-0.3, -0.25) is 24.3 Å². The molecule has 1 aliphatic rings. The number of rotatable bonds is 6. The van der Waals surface area contributed by atoms with Gasteiger partial charge in [0.25, 0.3) is 11.8 Å². The van der Waals surface area contributed by atoms with Crippen LogP contribution in [0.3, 0.4) is 0 Å². The quantitative estimate of drug-likeness (QED) is 0.586. The molecule has 2 N–H and O–H groups in total. The molecule has 0 atom stereocenters. The van der Waals surface area contributed by atoms with Crippen LogP contribution in [-0.2, 0) is 20.9 Å². The standard InChI is InChI=1S/C25H22N4O3/c1-16-6-8-18(9-7-16)22-23(28-20-12-10-19(11-13-20)27-17(2)30)25(32)29(24(22)31)15-21-5-3-4-14-26-21/h3-14,28H,15H2,1-2H3,(H,27,30). The van der Waals surface area contributed by atoms with Crippen LogP contribution in [0.15, 0.2) is 78.6 Å². The number of hydrogen-bond acceptors (Lipinski definition) is 5. The molecule has 2 aromatic carbocycles. The third kappa shape index (κ3) is 4.41. The molecule has 0 spiro atoms. The molecule has 0 aliphatic carbocycles. The van der Waals surface area contributed by atoms with Crippen LogP contribution >= 0.6 is 0 Å². The number of aromatic nitrogens is 1. The van der Waals surface area contributed by atoms with Crippen molar-refractivity contribution in [2.75, 3.05) is 10.6 Å². The Morgan fingerprint density at radius 3 is 2.22 bits per heavy atom. The van der Waals surface area contributed by atoms with Gasteiger partial charge in [-0.05, 0) is 48.9 Å². The first-order chi connectivity index (χ1) is 15.4. The predicted octanol–water partition coefficient (Wildman–Crippen LogP) is 3.74. The number of benzene rings is 2. The highest BCUT2D eigenvalue weighted by Crippen LogP contribution is 2.31. The van der Waals surface area contributed by atoms with Crippen LogP contribution < -0.4 is 10.6 Å². The predicted molar refractivity (Wildman–Crippen MR) is 122 cm³/mol. The lowest BCUT2D eigenvalue weighted by Gasteiger charge is -2.15. The summed E-state index contributed by atoms with van der Waals surface area (Å²) in [6.07, 6.45) is 1.63. The average Bonchev–Trinajstić information content (AvgIpc) is 3.00. The minimum absolute atomic E-state index is 0.0838. The van der Waals surface area contributed by atoms with E-state index in [0.717, 1.165) is 5.56 Å². The van der Waals surface area contributed by atoms with Crippen LogP contribution in [0, 0.1) is 6.92 Å². The maximum absolute atomic E-state index is 13.3. The minimum atomic E-state index is -0.415. The normalized spacial score (nSPS) is 13.5. The van der Waals surface area contributed by atoms with Gasteiger partial charge in [-0.2, -0.15) is 0 Å². The zero-order chi connectivity index (χ0) is 22.7. The molecule has 1 aliphatic heterocycles. The van der Waals surface area contributed by atoms with Crippen LogP contribution in [0.4, 0.5) is 11.4 Å². The molecule has 32 heavy (non-hydrogen) atoms. The first kappa shape index (κ1) is 21.0. The van der Waals surface area contributed by atoms with Crippen molar-refractivity contribution < 1.29 is 14.4 Å². The SMILES string of the molecule is CC(=O)Nc1ccc(NC2=C(c3ccc(C)cc3)C(=O)N(Cc3ccccn3)C2=O)cc1. The van der Waals surface area contributed by atoms with E-state index in [-0.39, 0.29) is 24.1 Å². The lowest BCUT2D eigenvalue weighted by Crippen LogP contribution is -2.32. The fourth-order valence-corrected chi connectivity index (χ4v) is 3.46. The number of nitrogens with one attached hydrogen (secondary N) is 2. The van der Waals surface area contributed by atoms with E-state index >= 15 is 0 Å². The highest BCUT2D eigenvalue weighted by molar-refractivity contribution is 6.36. The van der Waals surface area contributed by atoms with Crippen molar-refractivity contribution in [2.24, 2.45) is 0 Å². The zero-order valence-corrected chi connectivity index (χ0v) is 17.8. The monoisotopic (exact) mass is 426 g/mol. The van der Waals surface area contributed by atoms with Gasteiger partial charge in [-0.15, -0.1) is 0 Å². The molecule has 0 fully saturated rings. The molecule has 7 heteroatoms. The summed E-state index contributed by atoms with van der Waals surface area (Å²) in [4.78, 5) is 43.3. The number of carbonyl (C=O) groups is 3. The van der Waals surface area contributed by atoms with Crippen LogP contribution in [-0.4, -0.2) is 27.6 Å². The molecule has 7 nitrogen and oxygen atoms in total. The van der Waals surface area contributed by atoms with E-state index in [1.807, 2.05) is 37.3 Å². The largest absolute Gasteiger partial charge is 0.350 e. The number of amides is 3. The van der Waals surface area contributed by atoms with Gasteiger partial charge in [0.1, 0.15) is 5.70 Å². The Labute approximate surface area is 185 Å². The summed E-state index contributed by atoms with van der Waals surface area (Å²) in [7, 11) is 0. The Bertz CT molecular complexity index is 1200. The van der Waals surface area contributed by atoms with Gasteiger partial charge in [0.15, 0.2) is 0 Å². The molecule has 0 saturated carbocycles. The molecule has 0 saturated heterocycles. The second kappa shape index (κ2) is 8.85. The van der Waals surface area contributed by atoms with Gasteiger partial charge < -0.3 is 10.6 Å². The number of nitrogens with zero attached hydrogens (tertiary/aromatic N) is 2. The van der Waals surface area contributed by atoms with Crippen molar-refractivity contribution in [1.29, 1.82) is 0 Å². The molecule has 0 bridgehead atoms. The van der Waals surface area contributed by atoms with Gasteiger partial charge in [0, 0.05) is 24.5 Å². The number of anilines is 2. The summed E-state index contributed by atoms with van der Waals surface area (Å²) in [5.41, 5.74) is 4.13. The smallest absolute Gasteiger partial charge is 0.278 e. The molecular weight excluding hydrogens is 404 g/mol. The van der Waals surface area contributed by atoms with Gasteiger partial charge in [-0.25, -0.2) is 0 Å². The maximum Gasteiger partial charge on any atom is 0.278 e. The average molecular weight is 426 g/mol. The van der Waals surface area contributed by atoms with E-state index in [4.69, 9.17) is 0 Å². The van der Waals surface area contributed by atoms with Gasteiger partial charge in [-0.1, -0.05) is 35.9 Å². The Balaban J connectivity index is 1.68. The summed E-state index contributed by atoms with van der Waals surface area (Å²) in [5.74, 6) is -0.958. The Morgan fingerprint density at radius 2 is 1.59 bits per heavy atom. The topological polar surface area (TPSA) is 91.4 Å². The van der Waals surface area contributed by atoms with E-state index in [2.05, 4.69) is 15.6 Å². The zero-order valence-electron chi connectivity index (χ0n) is 17.8. The summed E-state index contributed by atoms with van der Waals surface area (Å²) < 4.78 is 0. The van der Waals surface area contributed by atoms with E-state index in [1.165, 1.54) is 11.8 Å². The molecular formula is C25H22N4O3. The number of imide groups is 1. The fraction of sp³-hybridized carbons (Fsp3) is 0.120. The van der Waals surface area contributed by atoms with Crippen molar-refractivity contribution in [3.05, 3.63) is 95.4 Å². The lowest BCUT2D eigenvalue weighted by molar-refractivity contribution is -0.137. The number of aryl methyl sites for hydroxylation is 1. The van der Waals surface area contributed by atoms with Gasteiger partial charge in [0.05, 0.1) is 17.8 Å². The van der Waals surface area contributed by atoms with Crippen LogP contribution in [0.1, 0.15) is 23.7 Å². The van der Waals surface area contributed by atoms with E-state index in [9.17, 15) is 14.4 Å². The third-order valence-electron chi connectivity index (χ3n) is 5.03. The first-order valence-electron chi connectivity index (χ1n) is 10.1. The third-order valence-corrected chi connectivity index (χ3v) is 5.03. The Morgan fingerprint density at radius 1 is 0.906 bits per heavy atom. The number of pyridine rings is 1. The molecule has 0 radical (unpaired) electrons. The van der Waals surface area contributed by atoms with Crippen LogP contribution in [0.5, 0.6) is 0 Å². The maximum atomic E-state index is 13.3. The summed E-state index contributed by atoms with van der Waals surface area (Å²) in [5, 5.41) is 5.82. The number of carbonyl (C=O) groups excluding carboxylic acids is 3. The van der Waals surface area contributed by atoms with Crippen molar-refractivity contribution in [3.8, 4) is 0 Å². The van der Waals surface area contributed by atoms with Crippen molar-refractivity contribution in [1.82, 2.24) is 9.88 Å². The minimum Gasteiger partial charge on any atom is -0.350 e. The summed E-state index contributed by atoms with van der Waals surface area (Å²) in [6, 6.07) is 19.8. The molecule has 0 unspecified atom stereocenters. The molecule has 1 aromatic heterocycles. The van der Waals surface area contributed by atoms with Gasteiger partial charge >= 0.3 is 0 Å². The highest BCUT2D eigenvalue weighted by Gasteiger charge is 2.39. The Kier molecular flexibility index (Phi) is 5.81.